The maximum Gasteiger partial charge on any atom is 0.306 e. The van der Waals surface area contributed by atoms with Crippen molar-refractivity contribution in [3.63, 3.8) is 0 Å². The van der Waals surface area contributed by atoms with Crippen LogP contribution in [0.4, 0.5) is 17.1 Å². The highest BCUT2D eigenvalue weighted by Crippen LogP contribution is 2.29. The number of rotatable bonds is 11. The van der Waals surface area contributed by atoms with Gasteiger partial charge in [-0.05, 0) is 55.8 Å². The van der Waals surface area contributed by atoms with E-state index in [1.165, 1.54) is 18.2 Å². The van der Waals surface area contributed by atoms with E-state index in [9.17, 15) is 24.5 Å². The van der Waals surface area contributed by atoms with Crippen molar-refractivity contribution in [3.8, 4) is 11.5 Å². The summed E-state index contributed by atoms with van der Waals surface area (Å²) in [5.74, 6) is -0.487. The highest BCUT2D eigenvalue weighted by Gasteiger charge is 2.14. The Kier molecular flexibility index (Phi) is 9.56. The minimum atomic E-state index is -0.640. The Morgan fingerprint density at radius 1 is 0.919 bits per heavy atom. The van der Waals surface area contributed by atoms with Crippen LogP contribution < -0.4 is 15.4 Å². The average Bonchev–Trinajstić information content (AvgIpc) is 2.86. The van der Waals surface area contributed by atoms with Crippen LogP contribution in [-0.4, -0.2) is 29.3 Å². The molecule has 0 spiro atoms. The summed E-state index contributed by atoms with van der Waals surface area (Å²) >= 11 is 6.08. The number of hydrogen-bond acceptors (Lipinski definition) is 7. The van der Waals surface area contributed by atoms with Gasteiger partial charge in [-0.3, -0.25) is 24.5 Å². The number of esters is 1. The Morgan fingerprint density at radius 3 is 2.30 bits per heavy atom. The molecule has 0 heterocycles. The third-order valence-electron chi connectivity index (χ3n) is 5.04. The van der Waals surface area contributed by atoms with Gasteiger partial charge in [-0.15, -0.1) is 0 Å². The molecule has 0 aliphatic carbocycles. The lowest BCUT2D eigenvalue weighted by Crippen LogP contribution is -2.21. The Hall–Kier alpha value is -4.44. The number of carbonyl (C=O) groups excluding carboxylic acids is 3. The van der Waals surface area contributed by atoms with Gasteiger partial charge in [-0.1, -0.05) is 29.8 Å². The van der Waals surface area contributed by atoms with E-state index in [4.69, 9.17) is 21.1 Å². The lowest BCUT2D eigenvalue weighted by molar-refractivity contribution is -0.385. The Bertz CT molecular complexity index is 1300. The zero-order valence-corrected chi connectivity index (χ0v) is 20.6. The van der Waals surface area contributed by atoms with Gasteiger partial charge >= 0.3 is 5.97 Å². The SMILES string of the molecule is Cc1ccc(NC(=O)COC(=O)CCCC(=O)Nc2ccc(Oc3ccccc3Cl)cc2)cc1[N+](=O)[O-]. The predicted octanol–water partition coefficient (Wildman–Crippen LogP) is 5.64. The molecule has 2 N–H and O–H groups in total. The Labute approximate surface area is 217 Å². The van der Waals surface area contributed by atoms with Crippen LogP contribution in [0, 0.1) is 17.0 Å². The minimum Gasteiger partial charge on any atom is -0.456 e. The van der Waals surface area contributed by atoms with E-state index >= 15 is 0 Å². The van der Waals surface area contributed by atoms with E-state index in [0.717, 1.165) is 0 Å². The lowest BCUT2D eigenvalue weighted by Gasteiger charge is -2.09. The molecule has 0 bridgehead atoms. The van der Waals surface area contributed by atoms with Crippen molar-refractivity contribution in [2.45, 2.75) is 26.2 Å². The number of nitro groups is 1. The fourth-order valence-corrected chi connectivity index (χ4v) is 3.35. The maximum atomic E-state index is 12.2. The summed E-state index contributed by atoms with van der Waals surface area (Å²) in [6.45, 7) is 1.04. The summed E-state index contributed by atoms with van der Waals surface area (Å²) in [5, 5.41) is 16.6. The summed E-state index contributed by atoms with van der Waals surface area (Å²) in [5.41, 5.74) is 1.11. The summed E-state index contributed by atoms with van der Waals surface area (Å²) in [6, 6.07) is 18.1. The van der Waals surface area contributed by atoms with Gasteiger partial charge in [0.1, 0.15) is 11.5 Å². The van der Waals surface area contributed by atoms with Crippen molar-refractivity contribution < 1.29 is 28.8 Å². The monoisotopic (exact) mass is 525 g/mol. The van der Waals surface area contributed by atoms with Crippen molar-refractivity contribution in [2.75, 3.05) is 17.2 Å². The van der Waals surface area contributed by atoms with Gasteiger partial charge in [0, 0.05) is 35.8 Å². The quantitative estimate of drug-likeness (QED) is 0.188. The van der Waals surface area contributed by atoms with E-state index in [1.807, 2.05) is 6.07 Å². The number of carbonyl (C=O) groups is 3. The van der Waals surface area contributed by atoms with E-state index in [1.54, 1.807) is 49.4 Å². The van der Waals surface area contributed by atoms with Crippen LogP contribution in [0.25, 0.3) is 0 Å². The summed E-state index contributed by atoms with van der Waals surface area (Å²) in [6.07, 6.45) is 0.248. The van der Waals surface area contributed by atoms with Gasteiger partial charge in [0.2, 0.25) is 5.91 Å². The first kappa shape index (κ1) is 27.2. The number of amides is 2. The summed E-state index contributed by atoms with van der Waals surface area (Å²) in [7, 11) is 0. The lowest BCUT2D eigenvalue weighted by atomic mass is 10.2. The molecule has 0 aromatic heterocycles. The summed E-state index contributed by atoms with van der Waals surface area (Å²) < 4.78 is 10.6. The maximum absolute atomic E-state index is 12.2. The van der Waals surface area contributed by atoms with Crippen LogP contribution in [0.5, 0.6) is 11.5 Å². The van der Waals surface area contributed by atoms with Crippen molar-refractivity contribution in [2.24, 2.45) is 0 Å². The third kappa shape index (κ3) is 8.62. The molecule has 0 saturated heterocycles. The zero-order valence-electron chi connectivity index (χ0n) is 19.9. The fraction of sp³-hybridized carbons (Fsp3) is 0.192. The normalized spacial score (nSPS) is 10.3. The first-order valence-corrected chi connectivity index (χ1v) is 11.6. The number of para-hydroxylation sites is 1. The second-order valence-corrected chi connectivity index (χ2v) is 8.33. The van der Waals surface area contributed by atoms with Crippen molar-refractivity contribution in [3.05, 3.63) is 87.4 Å². The van der Waals surface area contributed by atoms with E-state index in [-0.39, 0.29) is 36.5 Å². The van der Waals surface area contributed by atoms with Crippen LogP contribution in [0.2, 0.25) is 5.02 Å². The third-order valence-corrected chi connectivity index (χ3v) is 5.35. The first-order valence-electron chi connectivity index (χ1n) is 11.2. The Morgan fingerprint density at radius 2 is 1.59 bits per heavy atom. The molecule has 0 aliphatic rings. The van der Waals surface area contributed by atoms with Gasteiger partial charge < -0.3 is 20.1 Å². The molecule has 0 atom stereocenters. The molecule has 3 aromatic carbocycles. The number of nitrogens with one attached hydrogen (secondary N) is 2. The van der Waals surface area contributed by atoms with Crippen molar-refractivity contribution >= 4 is 46.4 Å². The number of nitro benzene ring substituents is 1. The number of halogens is 1. The molecular formula is C26H24ClN3O7. The van der Waals surface area contributed by atoms with Crippen molar-refractivity contribution in [1.82, 2.24) is 0 Å². The molecular weight excluding hydrogens is 502 g/mol. The molecule has 11 heteroatoms. The van der Waals surface area contributed by atoms with Gasteiger partial charge in [0.15, 0.2) is 6.61 Å². The molecule has 2 amide bonds. The van der Waals surface area contributed by atoms with Gasteiger partial charge in [-0.25, -0.2) is 0 Å². The number of nitrogens with zero attached hydrogens (tertiary/aromatic N) is 1. The average molecular weight is 526 g/mol. The number of anilines is 2. The second-order valence-electron chi connectivity index (χ2n) is 7.93. The highest BCUT2D eigenvalue weighted by atomic mass is 35.5. The van der Waals surface area contributed by atoms with Crippen LogP contribution in [0.15, 0.2) is 66.7 Å². The van der Waals surface area contributed by atoms with Gasteiger partial charge in [0.05, 0.1) is 9.95 Å². The van der Waals surface area contributed by atoms with Crippen LogP contribution >= 0.6 is 11.6 Å². The molecule has 0 unspecified atom stereocenters. The molecule has 3 aromatic rings. The molecule has 0 fully saturated rings. The van der Waals surface area contributed by atoms with Gasteiger partial charge in [-0.2, -0.15) is 0 Å². The topological polar surface area (TPSA) is 137 Å². The number of hydrogen-bond donors (Lipinski definition) is 2. The first-order chi connectivity index (χ1) is 17.7. The molecule has 37 heavy (non-hydrogen) atoms. The summed E-state index contributed by atoms with van der Waals surface area (Å²) in [4.78, 5) is 46.5. The van der Waals surface area contributed by atoms with Crippen LogP contribution in [-0.2, 0) is 19.1 Å². The largest absolute Gasteiger partial charge is 0.456 e. The molecule has 3 rings (SSSR count). The van der Waals surface area contributed by atoms with E-state index in [2.05, 4.69) is 10.6 Å². The van der Waals surface area contributed by atoms with E-state index in [0.29, 0.717) is 27.8 Å². The van der Waals surface area contributed by atoms with Crippen LogP contribution in [0.3, 0.4) is 0 Å². The fourth-order valence-electron chi connectivity index (χ4n) is 3.18. The molecule has 0 radical (unpaired) electrons. The van der Waals surface area contributed by atoms with E-state index < -0.39 is 23.4 Å². The van der Waals surface area contributed by atoms with Crippen molar-refractivity contribution in [1.29, 1.82) is 0 Å². The number of benzene rings is 3. The molecule has 192 valence electrons. The zero-order chi connectivity index (χ0) is 26.8. The highest BCUT2D eigenvalue weighted by molar-refractivity contribution is 6.32. The van der Waals surface area contributed by atoms with Crippen LogP contribution in [0.1, 0.15) is 24.8 Å². The molecule has 10 nitrogen and oxygen atoms in total. The number of aryl methyl sites for hydroxylation is 1. The number of ether oxygens (including phenoxy) is 2. The minimum absolute atomic E-state index is 0.0542. The molecule has 0 saturated carbocycles. The second kappa shape index (κ2) is 13.0. The standard InChI is InChI=1S/C26H24ClN3O7/c1-17-9-10-19(15-22(17)30(34)35)29-25(32)16-36-26(33)8-4-7-24(31)28-18-11-13-20(14-12-18)37-23-6-3-2-5-21(23)27/h2-3,5-6,9-15H,4,7-8,16H2,1H3,(H,28,31)(H,29,32). The Balaban J connectivity index is 1.35. The predicted molar refractivity (Wildman–Crippen MR) is 138 cm³/mol. The smallest absolute Gasteiger partial charge is 0.306 e. The van der Waals surface area contributed by atoms with Gasteiger partial charge in [0.25, 0.3) is 11.6 Å². The molecule has 0 aliphatic heterocycles.